The summed E-state index contributed by atoms with van der Waals surface area (Å²) in [5.41, 5.74) is 2.04. The van der Waals surface area contributed by atoms with Crippen molar-refractivity contribution in [3.05, 3.63) is 71.4 Å². The molecule has 0 spiro atoms. The molecule has 0 bridgehead atoms. The fraction of sp³-hybridized carbons (Fsp3) is 0.150. The number of methoxy groups -OCH3 is 1. The van der Waals surface area contributed by atoms with Crippen molar-refractivity contribution in [1.82, 2.24) is 5.32 Å². The van der Waals surface area contributed by atoms with Crippen LogP contribution in [0.4, 0.5) is 10.5 Å². The number of anilines is 1. The number of ether oxygens (including phenoxy) is 1. The minimum Gasteiger partial charge on any atom is -0.495 e. The molecular formula is C20H19ClN2O4. The van der Waals surface area contributed by atoms with Gasteiger partial charge in [-0.05, 0) is 35.9 Å². The third-order valence-corrected chi connectivity index (χ3v) is 4.20. The zero-order valence-electron chi connectivity index (χ0n) is 14.6. The number of rotatable bonds is 6. The van der Waals surface area contributed by atoms with Crippen molar-refractivity contribution in [1.29, 1.82) is 0 Å². The average molecular weight is 387 g/mol. The maximum Gasteiger partial charge on any atom is 0.319 e. The fourth-order valence-corrected chi connectivity index (χ4v) is 2.74. The van der Waals surface area contributed by atoms with E-state index in [1.165, 1.54) is 7.11 Å². The topological polar surface area (TPSA) is 83.7 Å². The Kier molecular flexibility index (Phi) is 6.01. The summed E-state index contributed by atoms with van der Waals surface area (Å²) in [7, 11) is 1.50. The van der Waals surface area contributed by atoms with E-state index in [-0.39, 0.29) is 6.54 Å². The Hall–Kier alpha value is -2.96. The fourth-order valence-electron chi connectivity index (χ4n) is 2.56. The van der Waals surface area contributed by atoms with E-state index in [9.17, 15) is 9.90 Å². The number of benzene rings is 2. The van der Waals surface area contributed by atoms with Crippen molar-refractivity contribution in [3.8, 4) is 17.1 Å². The van der Waals surface area contributed by atoms with Crippen LogP contribution in [0.5, 0.6) is 5.75 Å². The highest BCUT2D eigenvalue weighted by molar-refractivity contribution is 6.31. The molecule has 3 aromatic rings. The second-order valence-electron chi connectivity index (χ2n) is 5.79. The Morgan fingerprint density at radius 2 is 2.00 bits per heavy atom. The smallest absolute Gasteiger partial charge is 0.319 e. The molecule has 7 heteroatoms. The van der Waals surface area contributed by atoms with E-state index in [1.807, 2.05) is 24.3 Å². The number of hydrogen-bond acceptors (Lipinski definition) is 4. The van der Waals surface area contributed by atoms with E-state index in [2.05, 4.69) is 10.6 Å². The molecule has 1 aromatic heterocycles. The van der Waals surface area contributed by atoms with Crippen molar-refractivity contribution >= 4 is 23.3 Å². The number of aliphatic hydroxyl groups excluding tert-OH is 1. The number of nitrogens with one attached hydrogen (secondary N) is 2. The lowest BCUT2D eigenvalue weighted by Gasteiger charge is -2.14. The van der Waals surface area contributed by atoms with Crippen LogP contribution in [0, 0.1) is 0 Å². The van der Waals surface area contributed by atoms with E-state index < -0.39 is 12.1 Å². The number of carbonyl (C=O) groups is 1. The van der Waals surface area contributed by atoms with Gasteiger partial charge < -0.3 is 24.9 Å². The van der Waals surface area contributed by atoms with Gasteiger partial charge in [0.05, 0.1) is 25.2 Å². The van der Waals surface area contributed by atoms with Gasteiger partial charge in [-0.2, -0.15) is 0 Å². The predicted molar refractivity (Wildman–Crippen MR) is 104 cm³/mol. The summed E-state index contributed by atoms with van der Waals surface area (Å²) in [5.74, 6) is 1.24. The van der Waals surface area contributed by atoms with E-state index in [0.717, 1.165) is 11.3 Å². The maximum absolute atomic E-state index is 12.1. The van der Waals surface area contributed by atoms with Crippen LogP contribution in [0.2, 0.25) is 5.02 Å². The molecule has 2 aromatic carbocycles. The van der Waals surface area contributed by atoms with Gasteiger partial charge in [0.2, 0.25) is 0 Å². The summed E-state index contributed by atoms with van der Waals surface area (Å²) >= 11 is 5.94. The van der Waals surface area contributed by atoms with Gasteiger partial charge in [-0.1, -0.05) is 35.9 Å². The molecule has 0 aliphatic carbocycles. The van der Waals surface area contributed by atoms with Crippen LogP contribution < -0.4 is 15.4 Å². The van der Waals surface area contributed by atoms with Gasteiger partial charge >= 0.3 is 6.03 Å². The first-order valence-electron chi connectivity index (χ1n) is 8.27. The summed E-state index contributed by atoms with van der Waals surface area (Å²) in [4.78, 5) is 12.1. The van der Waals surface area contributed by atoms with Crippen LogP contribution in [-0.4, -0.2) is 24.8 Å². The standard InChI is InChI=1S/C20H19ClN2O4/c1-26-19-9-8-15(21)11-16(19)23-20(25)22-12-17(24)13-4-6-14(7-5-13)18-3-2-10-27-18/h2-11,17,24H,12H2,1H3,(H2,22,23,25)/t17-/m1/s1. The van der Waals surface area contributed by atoms with Gasteiger partial charge in [-0.25, -0.2) is 4.79 Å². The Labute approximate surface area is 161 Å². The minimum atomic E-state index is -0.845. The first-order valence-corrected chi connectivity index (χ1v) is 8.65. The Morgan fingerprint density at radius 3 is 2.67 bits per heavy atom. The van der Waals surface area contributed by atoms with Crippen LogP contribution in [0.3, 0.4) is 0 Å². The van der Waals surface area contributed by atoms with E-state index in [0.29, 0.717) is 22.0 Å². The molecular weight excluding hydrogens is 368 g/mol. The number of halogens is 1. The molecule has 0 aliphatic rings. The van der Waals surface area contributed by atoms with Gasteiger partial charge in [0.1, 0.15) is 11.5 Å². The van der Waals surface area contributed by atoms with Crippen molar-refractivity contribution < 1.29 is 19.1 Å². The summed E-state index contributed by atoms with van der Waals surface area (Å²) in [5, 5.41) is 16.0. The summed E-state index contributed by atoms with van der Waals surface area (Å²) in [6.45, 7) is 0.0504. The molecule has 0 fully saturated rings. The second kappa shape index (κ2) is 8.62. The molecule has 140 valence electrons. The Bertz CT molecular complexity index is 895. The zero-order valence-corrected chi connectivity index (χ0v) is 15.4. The lowest BCUT2D eigenvalue weighted by atomic mass is 10.1. The molecule has 0 saturated carbocycles. The highest BCUT2D eigenvalue weighted by atomic mass is 35.5. The minimum absolute atomic E-state index is 0.0504. The van der Waals surface area contributed by atoms with Gasteiger partial charge in [0, 0.05) is 17.1 Å². The van der Waals surface area contributed by atoms with Gasteiger partial charge in [-0.15, -0.1) is 0 Å². The molecule has 6 nitrogen and oxygen atoms in total. The maximum atomic E-state index is 12.1. The molecule has 27 heavy (non-hydrogen) atoms. The predicted octanol–water partition coefficient (Wildman–Crippen LogP) is 4.46. The lowest BCUT2D eigenvalue weighted by Crippen LogP contribution is -2.32. The van der Waals surface area contributed by atoms with Crippen molar-refractivity contribution in [2.75, 3.05) is 19.0 Å². The second-order valence-corrected chi connectivity index (χ2v) is 6.23. The van der Waals surface area contributed by atoms with Crippen molar-refractivity contribution in [2.24, 2.45) is 0 Å². The van der Waals surface area contributed by atoms with E-state index >= 15 is 0 Å². The van der Waals surface area contributed by atoms with E-state index in [4.69, 9.17) is 20.8 Å². The molecule has 0 aliphatic heterocycles. The highest BCUT2D eigenvalue weighted by Gasteiger charge is 2.12. The Morgan fingerprint density at radius 1 is 1.22 bits per heavy atom. The first kappa shape index (κ1) is 18.8. The highest BCUT2D eigenvalue weighted by Crippen LogP contribution is 2.27. The van der Waals surface area contributed by atoms with E-state index in [1.54, 1.807) is 36.6 Å². The van der Waals surface area contributed by atoms with Gasteiger partial charge in [0.25, 0.3) is 0 Å². The summed E-state index contributed by atoms with van der Waals surface area (Å²) < 4.78 is 10.5. The first-order chi connectivity index (χ1) is 13.1. The summed E-state index contributed by atoms with van der Waals surface area (Å²) in [6.07, 6.45) is 0.762. The largest absolute Gasteiger partial charge is 0.495 e. The molecule has 0 radical (unpaired) electrons. The van der Waals surface area contributed by atoms with Crippen molar-refractivity contribution in [3.63, 3.8) is 0 Å². The normalized spacial score (nSPS) is 11.7. The molecule has 0 unspecified atom stereocenters. The number of furan rings is 1. The lowest BCUT2D eigenvalue weighted by molar-refractivity contribution is 0.175. The number of amides is 2. The third kappa shape index (κ3) is 4.81. The van der Waals surface area contributed by atoms with Crippen LogP contribution in [0.1, 0.15) is 11.7 Å². The van der Waals surface area contributed by atoms with Crippen LogP contribution >= 0.6 is 11.6 Å². The molecule has 0 saturated heterocycles. The third-order valence-electron chi connectivity index (χ3n) is 3.97. The average Bonchev–Trinajstić information content (AvgIpc) is 3.21. The molecule has 3 rings (SSSR count). The van der Waals surface area contributed by atoms with Gasteiger partial charge in [0.15, 0.2) is 0 Å². The van der Waals surface area contributed by atoms with Crippen LogP contribution in [0.15, 0.2) is 65.3 Å². The van der Waals surface area contributed by atoms with Crippen LogP contribution in [-0.2, 0) is 0 Å². The number of hydrogen-bond donors (Lipinski definition) is 3. The molecule has 1 heterocycles. The SMILES string of the molecule is COc1ccc(Cl)cc1NC(=O)NC[C@@H](O)c1ccc(-c2ccco2)cc1. The van der Waals surface area contributed by atoms with Crippen LogP contribution in [0.25, 0.3) is 11.3 Å². The molecule has 2 amide bonds. The molecule has 3 N–H and O–H groups in total. The zero-order chi connectivity index (χ0) is 19.2. The molecule has 1 atom stereocenters. The number of carbonyl (C=O) groups excluding carboxylic acids is 1. The summed E-state index contributed by atoms with van der Waals surface area (Å²) in [6, 6.07) is 15.4. The monoisotopic (exact) mass is 386 g/mol. The van der Waals surface area contributed by atoms with Gasteiger partial charge in [-0.3, -0.25) is 0 Å². The number of urea groups is 1. The Balaban J connectivity index is 1.56. The number of aliphatic hydroxyl groups is 1. The quantitative estimate of drug-likeness (QED) is 0.583. The van der Waals surface area contributed by atoms with Crippen molar-refractivity contribution in [2.45, 2.75) is 6.10 Å².